The maximum atomic E-state index is 5.61. The van der Waals surface area contributed by atoms with Gasteiger partial charge in [-0.15, -0.1) is 5.10 Å². The summed E-state index contributed by atoms with van der Waals surface area (Å²) in [6, 6.07) is 26.9. The van der Waals surface area contributed by atoms with Crippen LogP contribution in [-0.2, 0) is 13.0 Å². The second-order valence-electron chi connectivity index (χ2n) is 8.87. The Morgan fingerprint density at radius 2 is 1.53 bits per heavy atom. The van der Waals surface area contributed by atoms with Gasteiger partial charge in [0.1, 0.15) is 11.5 Å². The summed E-state index contributed by atoms with van der Waals surface area (Å²) in [4.78, 5) is 4.86. The summed E-state index contributed by atoms with van der Waals surface area (Å²) in [6.45, 7) is 4.25. The number of anilines is 1. The first-order valence-corrected chi connectivity index (χ1v) is 12.3. The Morgan fingerprint density at radius 3 is 2.25 bits per heavy atom. The zero-order valence-electron chi connectivity index (χ0n) is 20.8. The lowest BCUT2D eigenvalue weighted by Crippen LogP contribution is -2.48. The van der Waals surface area contributed by atoms with Crippen molar-refractivity contribution in [1.82, 2.24) is 25.1 Å². The summed E-state index contributed by atoms with van der Waals surface area (Å²) in [7, 11) is 3.41. The molecule has 1 aromatic heterocycles. The van der Waals surface area contributed by atoms with E-state index in [-0.39, 0.29) is 6.04 Å². The number of para-hydroxylation sites is 2. The van der Waals surface area contributed by atoms with Crippen LogP contribution in [0.5, 0.6) is 11.5 Å². The number of aryl methyl sites for hydroxylation is 2. The average molecular weight is 485 g/mol. The van der Waals surface area contributed by atoms with Crippen molar-refractivity contribution in [2.24, 2.45) is 0 Å². The number of ether oxygens (including phenoxy) is 2. The summed E-state index contributed by atoms with van der Waals surface area (Å²) in [5.41, 5.74) is 3.55. The molecule has 0 amide bonds. The van der Waals surface area contributed by atoms with E-state index in [2.05, 4.69) is 73.9 Å². The quantitative estimate of drug-likeness (QED) is 0.358. The van der Waals surface area contributed by atoms with Crippen molar-refractivity contribution in [3.8, 4) is 11.5 Å². The first-order valence-electron chi connectivity index (χ1n) is 12.3. The predicted molar refractivity (Wildman–Crippen MR) is 140 cm³/mol. The molecule has 3 aromatic carbocycles. The molecular formula is C28H32N6O2. The molecule has 0 saturated carbocycles. The zero-order chi connectivity index (χ0) is 24.7. The standard InChI is InChI=1S/C28H32N6O2/c1-35-24-14-12-23(13-15-24)27(28-29-30-31-34(28)17-16-22-8-4-3-5-9-22)33-20-18-32(19-21-33)25-10-6-7-11-26(25)36-2/h3-15,27H,16-21H2,1-2H3/t27-/m1/s1. The number of tetrazole rings is 1. The van der Waals surface area contributed by atoms with Gasteiger partial charge in [0.25, 0.3) is 0 Å². The molecule has 1 saturated heterocycles. The summed E-state index contributed by atoms with van der Waals surface area (Å²) >= 11 is 0. The van der Waals surface area contributed by atoms with Crippen molar-refractivity contribution in [1.29, 1.82) is 0 Å². The van der Waals surface area contributed by atoms with Crippen molar-refractivity contribution in [2.75, 3.05) is 45.3 Å². The highest BCUT2D eigenvalue weighted by Crippen LogP contribution is 2.33. The van der Waals surface area contributed by atoms with Crippen molar-refractivity contribution in [3.63, 3.8) is 0 Å². The molecule has 0 aliphatic carbocycles. The number of benzene rings is 3. The molecular weight excluding hydrogens is 452 g/mol. The first-order chi connectivity index (χ1) is 17.8. The number of hydrogen-bond acceptors (Lipinski definition) is 7. The SMILES string of the molecule is COc1ccc([C@H](c2nnnn2CCc2ccccc2)N2CCN(c3ccccc3OC)CC2)cc1. The molecule has 0 bridgehead atoms. The predicted octanol–water partition coefficient (Wildman–Crippen LogP) is 3.84. The van der Waals surface area contributed by atoms with Gasteiger partial charge < -0.3 is 14.4 Å². The highest BCUT2D eigenvalue weighted by molar-refractivity contribution is 5.58. The van der Waals surface area contributed by atoms with Crippen LogP contribution in [0.25, 0.3) is 0 Å². The third-order valence-corrected chi connectivity index (χ3v) is 6.80. The summed E-state index contributed by atoms with van der Waals surface area (Å²) < 4.78 is 13.0. The largest absolute Gasteiger partial charge is 0.497 e. The molecule has 1 aliphatic heterocycles. The number of hydrogen-bond donors (Lipinski definition) is 0. The number of nitrogens with zero attached hydrogens (tertiary/aromatic N) is 6. The van der Waals surface area contributed by atoms with E-state index in [0.717, 1.165) is 67.7 Å². The van der Waals surface area contributed by atoms with Gasteiger partial charge >= 0.3 is 0 Å². The van der Waals surface area contributed by atoms with Gasteiger partial charge in [-0.05, 0) is 52.2 Å². The Bertz CT molecular complexity index is 1240. The van der Waals surface area contributed by atoms with Crippen LogP contribution in [-0.4, -0.2) is 65.5 Å². The fourth-order valence-electron chi connectivity index (χ4n) is 4.87. The third kappa shape index (κ3) is 5.18. The minimum absolute atomic E-state index is 0.0542. The van der Waals surface area contributed by atoms with E-state index in [4.69, 9.17) is 9.47 Å². The Balaban J connectivity index is 1.39. The lowest BCUT2D eigenvalue weighted by molar-refractivity contribution is 0.200. The van der Waals surface area contributed by atoms with E-state index in [1.54, 1.807) is 14.2 Å². The number of piperazine rings is 1. The lowest BCUT2D eigenvalue weighted by atomic mass is 10.0. The Labute approximate surface area is 212 Å². The molecule has 5 rings (SSSR count). The maximum absolute atomic E-state index is 5.61. The van der Waals surface area contributed by atoms with Gasteiger partial charge in [0.2, 0.25) is 0 Å². The van der Waals surface area contributed by atoms with Crippen molar-refractivity contribution < 1.29 is 9.47 Å². The van der Waals surface area contributed by atoms with Gasteiger partial charge in [0.05, 0.1) is 25.9 Å². The molecule has 8 heteroatoms. The highest BCUT2D eigenvalue weighted by atomic mass is 16.5. The molecule has 36 heavy (non-hydrogen) atoms. The van der Waals surface area contributed by atoms with Gasteiger partial charge in [-0.1, -0.05) is 54.6 Å². The summed E-state index contributed by atoms with van der Waals surface area (Å²) in [5, 5.41) is 13.0. The summed E-state index contributed by atoms with van der Waals surface area (Å²) in [6.07, 6.45) is 0.871. The molecule has 186 valence electrons. The molecule has 2 heterocycles. The third-order valence-electron chi connectivity index (χ3n) is 6.80. The molecule has 0 unspecified atom stereocenters. The van der Waals surface area contributed by atoms with E-state index in [1.165, 1.54) is 5.56 Å². The Kier molecular flexibility index (Phi) is 7.42. The van der Waals surface area contributed by atoms with Crippen LogP contribution in [0.3, 0.4) is 0 Å². The van der Waals surface area contributed by atoms with Crippen molar-refractivity contribution >= 4 is 5.69 Å². The fourth-order valence-corrected chi connectivity index (χ4v) is 4.87. The smallest absolute Gasteiger partial charge is 0.173 e. The van der Waals surface area contributed by atoms with Crippen LogP contribution in [0.2, 0.25) is 0 Å². The topological polar surface area (TPSA) is 68.5 Å². The van der Waals surface area contributed by atoms with E-state index in [0.29, 0.717) is 0 Å². The number of rotatable bonds is 9. The van der Waals surface area contributed by atoms with E-state index in [9.17, 15) is 0 Å². The fraction of sp³-hybridized carbons (Fsp3) is 0.321. The monoisotopic (exact) mass is 484 g/mol. The van der Waals surface area contributed by atoms with E-state index < -0.39 is 0 Å². The van der Waals surface area contributed by atoms with Gasteiger partial charge in [0.15, 0.2) is 5.82 Å². The Hall–Kier alpha value is -3.91. The molecule has 8 nitrogen and oxygen atoms in total. The maximum Gasteiger partial charge on any atom is 0.173 e. The van der Waals surface area contributed by atoms with Crippen molar-refractivity contribution in [3.05, 3.63) is 95.8 Å². The molecule has 4 aromatic rings. The van der Waals surface area contributed by atoms with Crippen LogP contribution >= 0.6 is 0 Å². The normalized spacial score (nSPS) is 15.0. The molecule has 1 atom stereocenters. The molecule has 0 spiro atoms. The van der Waals surface area contributed by atoms with Crippen LogP contribution in [0, 0.1) is 0 Å². The second-order valence-corrected chi connectivity index (χ2v) is 8.87. The highest BCUT2D eigenvalue weighted by Gasteiger charge is 2.31. The van der Waals surface area contributed by atoms with E-state index in [1.807, 2.05) is 35.0 Å². The van der Waals surface area contributed by atoms with Gasteiger partial charge in [0, 0.05) is 32.7 Å². The van der Waals surface area contributed by atoms with Gasteiger partial charge in [-0.25, -0.2) is 4.68 Å². The van der Waals surface area contributed by atoms with Gasteiger partial charge in [-0.3, -0.25) is 4.90 Å². The van der Waals surface area contributed by atoms with Crippen LogP contribution in [0.4, 0.5) is 5.69 Å². The Morgan fingerprint density at radius 1 is 0.806 bits per heavy atom. The summed E-state index contributed by atoms with van der Waals surface area (Å²) in [5.74, 6) is 2.60. The van der Waals surface area contributed by atoms with Crippen LogP contribution in [0.1, 0.15) is 23.0 Å². The molecule has 0 radical (unpaired) electrons. The van der Waals surface area contributed by atoms with Crippen LogP contribution in [0.15, 0.2) is 78.9 Å². The van der Waals surface area contributed by atoms with Gasteiger partial charge in [-0.2, -0.15) is 0 Å². The molecule has 1 aliphatic rings. The minimum atomic E-state index is -0.0542. The molecule has 0 N–H and O–H groups in total. The lowest BCUT2D eigenvalue weighted by Gasteiger charge is -2.40. The van der Waals surface area contributed by atoms with E-state index >= 15 is 0 Å². The second kappa shape index (κ2) is 11.2. The number of methoxy groups -OCH3 is 2. The number of aromatic nitrogens is 4. The first kappa shape index (κ1) is 23.8. The average Bonchev–Trinajstić information content (AvgIpc) is 3.41. The van der Waals surface area contributed by atoms with Crippen LogP contribution < -0.4 is 14.4 Å². The van der Waals surface area contributed by atoms with Crippen molar-refractivity contribution in [2.45, 2.75) is 19.0 Å². The molecule has 1 fully saturated rings. The zero-order valence-corrected chi connectivity index (χ0v) is 20.8. The minimum Gasteiger partial charge on any atom is -0.497 e.